The summed E-state index contributed by atoms with van der Waals surface area (Å²) in [6, 6.07) is 13.6. The van der Waals surface area contributed by atoms with Crippen molar-refractivity contribution in [2.24, 2.45) is 0 Å². The summed E-state index contributed by atoms with van der Waals surface area (Å²) in [5.41, 5.74) is 1.54. The highest BCUT2D eigenvalue weighted by atomic mass is 19.2. The standard InChI is InChI=1S/C17H15F2NO/c1-11(12-6-7-15(18)16(19)9-12)20-10-14-8-13-4-2-3-5-17(13)21-14/h2-9,11,20H,10H2,1H3. The second-order valence-electron chi connectivity index (χ2n) is 5.03. The normalized spacial score (nSPS) is 12.7. The lowest BCUT2D eigenvalue weighted by molar-refractivity contribution is 0.475. The van der Waals surface area contributed by atoms with Crippen molar-refractivity contribution in [3.63, 3.8) is 0 Å². The first kappa shape index (κ1) is 13.8. The third-order valence-electron chi connectivity index (χ3n) is 3.50. The number of fused-ring (bicyclic) bond motifs is 1. The molecule has 2 nitrogen and oxygen atoms in total. The number of furan rings is 1. The molecule has 1 aromatic heterocycles. The predicted molar refractivity (Wildman–Crippen MR) is 77.8 cm³/mol. The number of halogens is 2. The second-order valence-corrected chi connectivity index (χ2v) is 5.03. The Morgan fingerprint density at radius 1 is 1.05 bits per heavy atom. The van der Waals surface area contributed by atoms with Gasteiger partial charge in [0, 0.05) is 11.4 Å². The quantitative estimate of drug-likeness (QED) is 0.761. The zero-order valence-corrected chi connectivity index (χ0v) is 11.6. The Morgan fingerprint density at radius 2 is 1.86 bits per heavy atom. The van der Waals surface area contributed by atoms with Crippen LogP contribution in [0.5, 0.6) is 0 Å². The Balaban J connectivity index is 1.70. The average Bonchev–Trinajstić information content (AvgIpc) is 2.90. The van der Waals surface area contributed by atoms with E-state index in [4.69, 9.17) is 4.42 Å². The molecule has 0 aliphatic rings. The molecule has 1 unspecified atom stereocenters. The first-order valence-corrected chi connectivity index (χ1v) is 6.79. The molecule has 0 saturated heterocycles. The third kappa shape index (κ3) is 2.95. The molecule has 4 heteroatoms. The van der Waals surface area contributed by atoms with Gasteiger partial charge in [-0.05, 0) is 36.8 Å². The van der Waals surface area contributed by atoms with Crippen LogP contribution in [0.15, 0.2) is 52.9 Å². The van der Waals surface area contributed by atoms with Crippen LogP contribution in [0.4, 0.5) is 8.78 Å². The number of nitrogens with one attached hydrogen (secondary N) is 1. The average molecular weight is 287 g/mol. The number of hydrogen-bond acceptors (Lipinski definition) is 2. The number of rotatable bonds is 4. The van der Waals surface area contributed by atoms with E-state index in [1.807, 2.05) is 37.3 Å². The molecule has 0 saturated carbocycles. The maximum absolute atomic E-state index is 13.2. The van der Waals surface area contributed by atoms with Crippen molar-refractivity contribution < 1.29 is 13.2 Å². The van der Waals surface area contributed by atoms with Crippen LogP contribution in [0, 0.1) is 11.6 Å². The molecule has 3 rings (SSSR count). The van der Waals surface area contributed by atoms with Gasteiger partial charge in [-0.1, -0.05) is 24.3 Å². The summed E-state index contributed by atoms with van der Waals surface area (Å²) in [4.78, 5) is 0. The van der Waals surface area contributed by atoms with Gasteiger partial charge < -0.3 is 9.73 Å². The smallest absolute Gasteiger partial charge is 0.159 e. The van der Waals surface area contributed by atoms with Gasteiger partial charge in [-0.25, -0.2) is 8.78 Å². The Kier molecular flexibility index (Phi) is 3.71. The lowest BCUT2D eigenvalue weighted by Gasteiger charge is -2.13. The summed E-state index contributed by atoms with van der Waals surface area (Å²) in [5.74, 6) is -0.848. The minimum absolute atomic E-state index is 0.103. The molecule has 0 spiro atoms. The van der Waals surface area contributed by atoms with E-state index in [0.29, 0.717) is 12.1 Å². The SMILES string of the molecule is CC(NCc1cc2ccccc2o1)c1ccc(F)c(F)c1. The number of hydrogen-bond donors (Lipinski definition) is 1. The van der Waals surface area contributed by atoms with Gasteiger partial charge >= 0.3 is 0 Å². The number of benzene rings is 2. The van der Waals surface area contributed by atoms with Crippen LogP contribution in [-0.4, -0.2) is 0 Å². The molecule has 1 heterocycles. The molecule has 0 aliphatic carbocycles. The van der Waals surface area contributed by atoms with Gasteiger partial charge in [-0.15, -0.1) is 0 Å². The van der Waals surface area contributed by atoms with Gasteiger partial charge in [-0.3, -0.25) is 0 Å². The predicted octanol–water partition coefficient (Wildman–Crippen LogP) is 4.56. The maximum Gasteiger partial charge on any atom is 0.159 e. The topological polar surface area (TPSA) is 25.2 Å². The van der Waals surface area contributed by atoms with Gasteiger partial charge in [0.25, 0.3) is 0 Å². The Labute approximate surface area is 121 Å². The van der Waals surface area contributed by atoms with E-state index in [1.165, 1.54) is 6.07 Å². The van der Waals surface area contributed by atoms with E-state index in [-0.39, 0.29) is 6.04 Å². The van der Waals surface area contributed by atoms with Crippen LogP contribution in [0.1, 0.15) is 24.3 Å². The molecule has 108 valence electrons. The lowest BCUT2D eigenvalue weighted by Crippen LogP contribution is -2.18. The Morgan fingerprint density at radius 3 is 2.62 bits per heavy atom. The fourth-order valence-electron chi connectivity index (χ4n) is 2.28. The summed E-state index contributed by atoms with van der Waals surface area (Å²) < 4.78 is 31.8. The molecular formula is C17H15F2NO. The summed E-state index contributed by atoms with van der Waals surface area (Å²) >= 11 is 0. The Bertz CT molecular complexity index is 733. The molecule has 0 fully saturated rings. The zero-order valence-electron chi connectivity index (χ0n) is 11.6. The van der Waals surface area contributed by atoms with Crippen molar-refractivity contribution in [3.8, 4) is 0 Å². The summed E-state index contributed by atoms with van der Waals surface area (Å²) in [7, 11) is 0. The highest BCUT2D eigenvalue weighted by Crippen LogP contribution is 2.20. The zero-order chi connectivity index (χ0) is 14.8. The van der Waals surface area contributed by atoms with Crippen molar-refractivity contribution in [1.29, 1.82) is 0 Å². The van der Waals surface area contributed by atoms with E-state index in [9.17, 15) is 8.78 Å². The van der Waals surface area contributed by atoms with E-state index in [2.05, 4.69) is 5.32 Å². The molecule has 0 bridgehead atoms. The van der Waals surface area contributed by atoms with Crippen LogP contribution in [0.3, 0.4) is 0 Å². The van der Waals surface area contributed by atoms with E-state index < -0.39 is 11.6 Å². The largest absolute Gasteiger partial charge is 0.460 e. The number of para-hydroxylation sites is 1. The van der Waals surface area contributed by atoms with Crippen molar-refractivity contribution in [2.45, 2.75) is 19.5 Å². The van der Waals surface area contributed by atoms with Crippen LogP contribution in [0.25, 0.3) is 11.0 Å². The highest BCUT2D eigenvalue weighted by molar-refractivity contribution is 5.77. The summed E-state index contributed by atoms with van der Waals surface area (Å²) in [6.07, 6.45) is 0. The van der Waals surface area contributed by atoms with E-state index >= 15 is 0 Å². The van der Waals surface area contributed by atoms with Crippen LogP contribution in [-0.2, 0) is 6.54 Å². The fraction of sp³-hybridized carbons (Fsp3) is 0.176. The molecule has 21 heavy (non-hydrogen) atoms. The molecular weight excluding hydrogens is 272 g/mol. The highest BCUT2D eigenvalue weighted by Gasteiger charge is 2.10. The van der Waals surface area contributed by atoms with Gasteiger partial charge in [0.2, 0.25) is 0 Å². The second kappa shape index (κ2) is 5.66. The third-order valence-corrected chi connectivity index (χ3v) is 3.50. The molecule has 1 N–H and O–H groups in total. The fourth-order valence-corrected chi connectivity index (χ4v) is 2.28. The van der Waals surface area contributed by atoms with Crippen LogP contribution >= 0.6 is 0 Å². The van der Waals surface area contributed by atoms with Crippen LogP contribution < -0.4 is 5.32 Å². The van der Waals surface area contributed by atoms with Crippen molar-refractivity contribution in [1.82, 2.24) is 5.32 Å². The molecule has 0 aliphatic heterocycles. The monoisotopic (exact) mass is 287 g/mol. The summed E-state index contributed by atoms with van der Waals surface area (Å²) in [5, 5.41) is 4.29. The maximum atomic E-state index is 13.2. The van der Waals surface area contributed by atoms with Gasteiger partial charge in [-0.2, -0.15) is 0 Å². The van der Waals surface area contributed by atoms with Gasteiger partial charge in [0.15, 0.2) is 11.6 Å². The summed E-state index contributed by atoms with van der Waals surface area (Å²) in [6.45, 7) is 2.42. The molecule has 2 aromatic carbocycles. The minimum atomic E-state index is -0.830. The molecule has 0 amide bonds. The van der Waals surface area contributed by atoms with Gasteiger partial charge in [0.1, 0.15) is 11.3 Å². The first-order chi connectivity index (χ1) is 10.1. The van der Waals surface area contributed by atoms with Crippen molar-refractivity contribution in [3.05, 3.63) is 71.5 Å². The van der Waals surface area contributed by atoms with Crippen molar-refractivity contribution >= 4 is 11.0 Å². The molecule has 1 atom stereocenters. The van der Waals surface area contributed by atoms with Crippen molar-refractivity contribution in [2.75, 3.05) is 0 Å². The van der Waals surface area contributed by atoms with E-state index in [0.717, 1.165) is 22.8 Å². The van der Waals surface area contributed by atoms with Crippen LogP contribution in [0.2, 0.25) is 0 Å². The lowest BCUT2D eigenvalue weighted by atomic mass is 10.1. The molecule has 0 radical (unpaired) electrons. The first-order valence-electron chi connectivity index (χ1n) is 6.79. The minimum Gasteiger partial charge on any atom is -0.460 e. The Hall–Kier alpha value is -2.20. The molecule has 3 aromatic rings. The van der Waals surface area contributed by atoms with E-state index in [1.54, 1.807) is 6.07 Å². The van der Waals surface area contributed by atoms with Gasteiger partial charge in [0.05, 0.1) is 6.54 Å².